The molecule has 134 valence electrons. The van der Waals surface area contributed by atoms with Gasteiger partial charge in [-0.05, 0) is 37.6 Å². The molecule has 7 heteroatoms. The highest BCUT2D eigenvalue weighted by Gasteiger charge is 2.11. The van der Waals surface area contributed by atoms with E-state index in [0.717, 1.165) is 51.0 Å². The number of aromatic nitrogens is 3. The number of carbonyl (C=O) groups is 1. The third kappa shape index (κ3) is 4.87. The molecule has 3 rings (SSSR count). The van der Waals surface area contributed by atoms with Gasteiger partial charge >= 0.3 is 0 Å². The number of amides is 1. The van der Waals surface area contributed by atoms with Crippen molar-refractivity contribution < 1.29 is 4.79 Å². The number of benzene rings is 1. The van der Waals surface area contributed by atoms with Gasteiger partial charge in [-0.25, -0.2) is 4.98 Å². The van der Waals surface area contributed by atoms with E-state index in [9.17, 15) is 4.79 Å². The van der Waals surface area contributed by atoms with Crippen LogP contribution in [0.5, 0.6) is 0 Å². The second-order valence-corrected chi connectivity index (χ2v) is 8.13. The first-order valence-corrected chi connectivity index (χ1v) is 10.3. The van der Waals surface area contributed by atoms with Crippen molar-refractivity contribution in [3.8, 4) is 11.8 Å². The van der Waals surface area contributed by atoms with Gasteiger partial charge in [-0.15, -0.1) is 23.2 Å². The molecule has 1 amide bonds. The third-order valence-electron chi connectivity index (χ3n) is 3.52. The van der Waals surface area contributed by atoms with E-state index in [0.29, 0.717) is 5.69 Å². The monoisotopic (exact) mass is 384 g/mol. The SMILES string of the molecule is CCCC#CCCSc1nc2ccc(NC(=O)c3cc(C)[nH]n3)cc2s1. The first-order chi connectivity index (χ1) is 12.7. The predicted octanol–water partition coefficient (Wildman–Crippen LogP) is 4.87. The molecule has 3 aromatic rings. The number of H-pyrrole nitrogens is 1. The number of nitrogens with zero attached hydrogens (tertiary/aromatic N) is 2. The molecule has 0 spiro atoms. The zero-order valence-electron chi connectivity index (χ0n) is 14.8. The molecule has 1 aromatic carbocycles. The van der Waals surface area contributed by atoms with Crippen LogP contribution in [0.1, 0.15) is 42.4 Å². The first kappa shape index (κ1) is 18.5. The molecule has 0 bridgehead atoms. The average Bonchev–Trinajstić information content (AvgIpc) is 3.23. The Morgan fingerprint density at radius 3 is 2.92 bits per heavy atom. The fraction of sp³-hybridized carbons (Fsp3) is 0.316. The van der Waals surface area contributed by atoms with Crippen LogP contribution in [0.25, 0.3) is 10.2 Å². The number of anilines is 1. The van der Waals surface area contributed by atoms with E-state index in [1.165, 1.54) is 0 Å². The van der Waals surface area contributed by atoms with Crippen molar-refractivity contribution in [3.05, 3.63) is 35.7 Å². The van der Waals surface area contributed by atoms with Gasteiger partial charge in [0, 0.05) is 30.0 Å². The minimum Gasteiger partial charge on any atom is -0.321 e. The number of fused-ring (bicyclic) bond motifs is 1. The Hall–Kier alpha value is -2.30. The van der Waals surface area contributed by atoms with E-state index in [4.69, 9.17) is 0 Å². The van der Waals surface area contributed by atoms with Crippen LogP contribution in [0.3, 0.4) is 0 Å². The number of carbonyl (C=O) groups excluding carboxylic acids is 1. The number of hydrogen-bond donors (Lipinski definition) is 2. The Kier molecular flexibility index (Phi) is 6.31. The summed E-state index contributed by atoms with van der Waals surface area (Å²) in [5.41, 5.74) is 2.93. The highest BCUT2D eigenvalue weighted by molar-refractivity contribution is 8.01. The van der Waals surface area contributed by atoms with Crippen LogP contribution in [0.4, 0.5) is 5.69 Å². The molecule has 2 N–H and O–H groups in total. The summed E-state index contributed by atoms with van der Waals surface area (Å²) in [5.74, 6) is 7.07. The van der Waals surface area contributed by atoms with Crippen LogP contribution >= 0.6 is 23.1 Å². The number of thiazole rings is 1. The first-order valence-electron chi connectivity index (χ1n) is 8.48. The number of unbranched alkanes of at least 4 members (excludes halogenated alkanes) is 1. The van der Waals surface area contributed by atoms with Gasteiger partial charge in [-0.2, -0.15) is 5.10 Å². The van der Waals surface area contributed by atoms with Crippen molar-refractivity contribution in [2.24, 2.45) is 0 Å². The quantitative estimate of drug-likeness (QED) is 0.361. The van der Waals surface area contributed by atoms with Crippen LogP contribution in [-0.2, 0) is 0 Å². The van der Waals surface area contributed by atoms with E-state index in [2.05, 4.69) is 39.3 Å². The maximum atomic E-state index is 12.2. The number of hydrogen-bond acceptors (Lipinski definition) is 5. The number of thioether (sulfide) groups is 1. The zero-order valence-corrected chi connectivity index (χ0v) is 16.4. The zero-order chi connectivity index (χ0) is 18.4. The van der Waals surface area contributed by atoms with E-state index < -0.39 is 0 Å². The van der Waals surface area contributed by atoms with Crippen LogP contribution < -0.4 is 5.32 Å². The minimum atomic E-state index is -0.224. The van der Waals surface area contributed by atoms with Gasteiger partial charge in [0.1, 0.15) is 0 Å². The van der Waals surface area contributed by atoms with Gasteiger partial charge in [0.15, 0.2) is 10.0 Å². The van der Waals surface area contributed by atoms with Crippen molar-refractivity contribution in [3.63, 3.8) is 0 Å². The number of aryl methyl sites for hydroxylation is 1. The van der Waals surface area contributed by atoms with Gasteiger partial charge in [-0.3, -0.25) is 9.89 Å². The molecular weight excluding hydrogens is 364 g/mol. The minimum absolute atomic E-state index is 0.224. The molecule has 2 aromatic heterocycles. The summed E-state index contributed by atoms with van der Waals surface area (Å²) in [5, 5.41) is 9.63. The molecule has 0 saturated carbocycles. The average molecular weight is 385 g/mol. The van der Waals surface area contributed by atoms with Crippen molar-refractivity contribution in [1.29, 1.82) is 0 Å². The number of rotatable bonds is 6. The fourth-order valence-electron chi connectivity index (χ4n) is 2.26. The third-order valence-corrected chi connectivity index (χ3v) is 5.68. The van der Waals surface area contributed by atoms with Gasteiger partial charge < -0.3 is 5.32 Å². The highest BCUT2D eigenvalue weighted by Crippen LogP contribution is 2.31. The predicted molar refractivity (Wildman–Crippen MR) is 109 cm³/mol. The van der Waals surface area contributed by atoms with Crippen molar-refractivity contribution in [1.82, 2.24) is 15.2 Å². The van der Waals surface area contributed by atoms with Gasteiger partial charge in [0.05, 0.1) is 10.2 Å². The van der Waals surface area contributed by atoms with E-state index in [1.54, 1.807) is 29.2 Å². The summed E-state index contributed by atoms with van der Waals surface area (Å²) in [6.45, 7) is 4.00. The van der Waals surface area contributed by atoms with Crippen LogP contribution in [-0.4, -0.2) is 26.8 Å². The van der Waals surface area contributed by atoms with Crippen LogP contribution in [0.15, 0.2) is 28.6 Å². The summed E-state index contributed by atoms with van der Waals surface area (Å²) >= 11 is 3.36. The lowest BCUT2D eigenvalue weighted by molar-refractivity contribution is 0.102. The van der Waals surface area contributed by atoms with Crippen LogP contribution in [0.2, 0.25) is 0 Å². The Bertz CT molecular complexity index is 965. The summed E-state index contributed by atoms with van der Waals surface area (Å²) in [6.07, 6.45) is 2.96. The lowest BCUT2D eigenvalue weighted by Crippen LogP contribution is -2.12. The van der Waals surface area contributed by atoms with Gasteiger partial charge in [0.25, 0.3) is 5.91 Å². The van der Waals surface area contributed by atoms with Crippen LogP contribution in [0, 0.1) is 18.8 Å². The Labute approximate surface area is 161 Å². The van der Waals surface area contributed by atoms with Gasteiger partial charge in [-0.1, -0.05) is 18.7 Å². The van der Waals surface area contributed by atoms with Crippen molar-refractivity contribution >= 4 is 44.9 Å². The lowest BCUT2D eigenvalue weighted by atomic mass is 10.3. The largest absolute Gasteiger partial charge is 0.321 e. The maximum Gasteiger partial charge on any atom is 0.276 e. The standard InChI is InChI=1S/C19H20N4OS2/c1-3-4-5-6-7-10-25-19-21-15-9-8-14(12-17(15)26-19)20-18(24)16-11-13(2)22-23-16/h8-9,11-12H,3-4,7,10H2,1-2H3,(H,20,24)(H,22,23). The topological polar surface area (TPSA) is 70.7 Å². The molecule has 0 aliphatic carbocycles. The molecule has 26 heavy (non-hydrogen) atoms. The molecule has 0 atom stereocenters. The smallest absolute Gasteiger partial charge is 0.276 e. The Morgan fingerprint density at radius 1 is 1.31 bits per heavy atom. The summed E-state index contributed by atoms with van der Waals surface area (Å²) in [7, 11) is 0. The molecule has 0 fully saturated rings. The second-order valence-electron chi connectivity index (χ2n) is 5.75. The molecule has 0 unspecified atom stereocenters. The molecule has 0 aliphatic heterocycles. The van der Waals surface area contributed by atoms with E-state index in [-0.39, 0.29) is 5.91 Å². The molecular formula is C19H20N4OS2. The normalized spacial score (nSPS) is 10.5. The Morgan fingerprint density at radius 2 is 2.15 bits per heavy atom. The van der Waals surface area contributed by atoms with Gasteiger partial charge in [0.2, 0.25) is 0 Å². The molecule has 0 saturated heterocycles. The summed E-state index contributed by atoms with van der Waals surface area (Å²) in [4.78, 5) is 16.8. The van der Waals surface area contributed by atoms with Crippen molar-refractivity contribution in [2.75, 3.05) is 11.1 Å². The van der Waals surface area contributed by atoms with Crippen molar-refractivity contribution in [2.45, 2.75) is 37.4 Å². The highest BCUT2D eigenvalue weighted by atomic mass is 32.2. The molecule has 5 nitrogen and oxygen atoms in total. The summed E-state index contributed by atoms with van der Waals surface area (Å²) in [6, 6.07) is 7.47. The molecule has 2 heterocycles. The number of nitrogens with one attached hydrogen (secondary N) is 2. The number of aromatic amines is 1. The van der Waals surface area contributed by atoms with E-state index in [1.807, 2.05) is 25.1 Å². The molecule has 0 radical (unpaired) electrons. The fourth-order valence-corrected chi connectivity index (χ4v) is 4.30. The van der Waals surface area contributed by atoms with E-state index >= 15 is 0 Å². The second kappa shape index (κ2) is 8.88. The maximum absolute atomic E-state index is 12.2. The lowest BCUT2D eigenvalue weighted by Gasteiger charge is -2.02. The Balaban J connectivity index is 1.62. The molecule has 0 aliphatic rings. The summed E-state index contributed by atoms with van der Waals surface area (Å²) < 4.78 is 2.09.